The predicted molar refractivity (Wildman–Crippen MR) is 131 cm³/mol. The van der Waals surface area contributed by atoms with Crippen LogP contribution in [0.15, 0.2) is 66.5 Å². The number of aromatic nitrogens is 1. The Morgan fingerprint density at radius 1 is 1.09 bits per heavy atom. The first-order valence-corrected chi connectivity index (χ1v) is 11.0. The van der Waals surface area contributed by atoms with Crippen molar-refractivity contribution in [3.05, 3.63) is 72.1 Å². The minimum atomic E-state index is -0.466. The van der Waals surface area contributed by atoms with E-state index in [0.717, 1.165) is 35.2 Å². The van der Waals surface area contributed by atoms with Crippen LogP contribution in [0.4, 0.5) is 0 Å². The number of aryl methyl sites for hydroxylation is 1. The molecule has 1 fully saturated rings. The zero-order valence-electron chi connectivity index (χ0n) is 18.6. The van der Waals surface area contributed by atoms with Gasteiger partial charge in [-0.2, -0.15) is 0 Å². The number of carbonyl (C=O) groups excluding carboxylic acids is 2. The van der Waals surface area contributed by atoms with Gasteiger partial charge in [-0.3, -0.25) is 14.5 Å². The molecule has 1 aromatic heterocycles. The van der Waals surface area contributed by atoms with Crippen LogP contribution in [-0.2, 0) is 20.9 Å². The van der Waals surface area contributed by atoms with E-state index >= 15 is 0 Å². The molecule has 0 bridgehead atoms. The highest BCUT2D eigenvalue weighted by atomic mass is 32.1. The van der Waals surface area contributed by atoms with Crippen molar-refractivity contribution in [2.45, 2.75) is 13.0 Å². The van der Waals surface area contributed by atoms with Crippen molar-refractivity contribution in [2.24, 2.45) is 0 Å². The van der Waals surface area contributed by atoms with Crippen LogP contribution in [0.25, 0.3) is 17.0 Å². The standard InChI is InChI=1S/C25H25N3O4S/c1-26-24(30)22(28(25(26)33)17-23(29)31-2)15-18-16-27(21-12-7-6-11-20(18)21)13-8-14-32-19-9-4-3-5-10-19/h3-7,9-12,15-16H,8,13-14,17H2,1-2H3/b22-15-. The SMILES string of the molecule is COC(=O)CN1C(=S)N(C)C(=O)/C1=C/c1cn(CCCOc2ccccc2)c2ccccc12. The molecule has 1 aliphatic heterocycles. The van der Waals surface area contributed by atoms with Crippen molar-refractivity contribution >= 4 is 46.2 Å². The first kappa shape index (κ1) is 22.5. The van der Waals surface area contributed by atoms with E-state index in [1.807, 2.05) is 54.7 Å². The number of thiocarbonyl (C=S) groups is 1. The van der Waals surface area contributed by atoms with Gasteiger partial charge in [0.1, 0.15) is 18.0 Å². The second kappa shape index (κ2) is 9.87. The van der Waals surface area contributed by atoms with Gasteiger partial charge in [0.05, 0.1) is 13.7 Å². The Bertz CT molecular complexity index is 1220. The minimum Gasteiger partial charge on any atom is -0.494 e. The molecule has 1 aliphatic rings. The summed E-state index contributed by atoms with van der Waals surface area (Å²) in [4.78, 5) is 27.6. The third-order valence-electron chi connectivity index (χ3n) is 5.51. The zero-order valence-corrected chi connectivity index (χ0v) is 19.4. The number of esters is 1. The predicted octanol–water partition coefficient (Wildman–Crippen LogP) is 3.68. The molecule has 3 aromatic rings. The molecule has 33 heavy (non-hydrogen) atoms. The van der Waals surface area contributed by atoms with E-state index < -0.39 is 5.97 Å². The molecule has 0 atom stereocenters. The second-order valence-corrected chi connectivity index (χ2v) is 8.01. The number of benzene rings is 2. The fraction of sp³-hybridized carbons (Fsp3) is 0.240. The van der Waals surface area contributed by atoms with Crippen LogP contribution in [0.5, 0.6) is 5.75 Å². The lowest BCUT2D eigenvalue weighted by Gasteiger charge is -2.16. The molecule has 8 heteroatoms. The van der Waals surface area contributed by atoms with E-state index in [2.05, 4.69) is 10.6 Å². The average Bonchev–Trinajstić information content (AvgIpc) is 3.29. The van der Waals surface area contributed by atoms with Crippen molar-refractivity contribution in [2.75, 3.05) is 27.3 Å². The second-order valence-electron chi connectivity index (χ2n) is 7.65. The highest BCUT2D eigenvalue weighted by Gasteiger charge is 2.37. The summed E-state index contributed by atoms with van der Waals surface area (Å²) in [6, 6.07) is 17.8. The first-order chi connectivity index (χ1) is 16.0. The van der Waals surface area contributed by atoms with Gasteiger partial charge in [0.2, 0.25) is 0 Å². The summed E-state index contributed by atoms with van der Waals surface area (Å²) < 4.78 is 12.7. The lowest BCUT2D eigenvalue weighted by molar-refractivity contribution is -0.140. The number of rotatable bonds is 8. The quantitative estimate of drug-likeness (QED) is 0.220. The smallest absolute Gasteiger partial charge is 0.325 e. The Hall–Kier alpha value is -3.65. The van der Waals surface area contributed by atoms with Gasteiger partial charge in [0.25, 0.3) is 5.91 Å². The molecule has 7 nitrogen and oxygen atoms in total. The summed E-state index contributed by atoms with van der Waals surface area (Å²) in [5, 5.41) is 1.29. The van der Waals surface area contributed by atoms with Crippen molar-refractivity contribution in [3.63, 3.8) is 0 Å². The van der Waals surface area contributed by atoms with Gasteiger partial charge < -0.3 is 18.9 Å². The average molecular weight is 464 g/mol. The number of ether oxygens (including phenoxy) is 2. The molecule has 0 N–H and O–H groups in total. The molecule has 0 spiro atoms. The summed E-state index contributed by atoms with van der Waals surface area (Å²) >= 11 is 5.38. The third kappa shape index (κ3) is 4.75. The van der Waals surface area contributed by atoms with Gasteiger partial charge >= 0.3 is 5.97 Å². The first-order valence-electron chi connectivity index (χ1n) is 10.6. The molecule has 1 amide bonds. The Morgan fingerprint density at radius 2 is 1.82 bits per heavy atom. The number of hydrogen-bond acceptors (Lipinski definition) is 5. The highest BCUT2D eigenvalue weighted by molar-refractivity contribution is 7.80. The fourth-order valence-corrected chi connectivity index (χ4v) is 4.05. The van der Waals surface area contributed by atoms with Gasteiger partial charge in [-0.25, -0.2) is 0 Å². The van der Waals surface area contributed by atoms with Crippen LogP contribution >= 0.6 is 12.2 Å². The highest BCUT2D eigenvalue weighted by Crippen LogP contribution is 2.28. The zero-order chi connectivity index (χ0) is 23.4. The number of para-hydroxylation sites is 2. The molecule has 0 aliphatic carbocycles. The Labute approximate surface area is 197 Å². The Balaban J connectivity index is 1.58. The maximum atomic E-state index is 12.8. The monoisotopic (exact) mass is 463 g/mol. The third-order valence-corrected chi connectivity index (χ3v) is 6.01. The van der Waals surface area contributed by atoms with Crippen molar-refractivity contribution in [1.82, 2.24) is 14.4 Å². The summed E-state index contributed by atoms with van der Waals surface area (Å²) in [6.07, 6.45) is 4.63. The van der Waals surface area contributed by atoms with Gasteiger partial charge in [-0.15, -0.1) is 0 Å². The summed E-state index contributed by atoms with van der Waals surface area (Å²) in [5.74, 6) is 0.134. The Kier molecular flexibility index (Phi) is 6.74. The van der Waals surface area contributed by atoms with Crippen LogP contribution in [0, 0.1) is 0 Å². The largest absolute Gasteiger partial charge is 0.494 e. The normalized spacial score (nSPS) is 15.0. The number of carbonyl (C=O) groups is 2. The Morgan fingerprint density at radius 3 is 2.58 bits per heavy atom. The number of methoxy groups -OCH3 is 1. The van der Waals surface area contributed by atoms with E-state index in [1.165, 1.54) is 16.9 Å². The molecule has 2 heterocycles. The van der Waals surface area contributed by atoms with Crippen LogP contribution in [-0.4, -0.2) is 58.7 Å². The molecule has 1 saturated heterocycles. The number of likely N-dealkylation sites (N-methyl/N-ethyl adjacent to an activating group) is 1. The van der Waals surface area contributed by atoms with Crippen molar-refractivity contribution in [1.29, 1.82) is 0 Å². The van der Waals surface area contributed by atoms with E-state index in [1.54, 1.807) is 13.1 Å². The lowest BCUT2D eigenvalue weighted by atomic mass is 10.1. The van der Waals surface area contributed by atoms with E-state index in [-0.39, 0.29) is 17.6 Å². The number of hydrogen-bond donors (Lipinski definition) is 0. The summed E-state index contributed by atoms with van der Waals surface area (Å²) in [5.41, 5.74) is 2.29. The molecule has 4 rings (SSSR count). The van der Waals surface area contributed by atoms with Crippen LogP contribution in [0.3, 0.4) is 0 Å². The number of nitrogens with zero attached hydrogens (tertiary/aromatic N) is 3. The van der Waals surface area contributed by atoms with Gasteiger partial charge in [0, 0.05) is 36.3 Å². The summed E-state index contributed by atoms with van der Waals surface area (Å²) in [7, 11) is 2.91. The van der Waals surface area contributed by atoms with Crippen LogP contribution in [0.1, 0.15) is 12.0 Å². The van der Waals surface area contributed by atoms with E-state index in [9.17, 15) is 9.59 Å². The molecule has 0 saturated carbocycles. The summed E-state index contributed by atoms with van der Waals surface area (Å²) in [6.45, 7) is 1.23. The van der Waals surface area contributed by atoms with Crippen molar-refractivity contribution in [3.8, 4) is 5.75 Å². The van der Waals surface area contributed by atoms with Crippen LogP contribution < -0.4 is 4.74 Å². The molecule has 2 aromatic carbocycles. The van der Waals surface area contributed by atoms with Gasteiger partial charge in [-0.05, 0) is 42.9 Å². The number of fused-ring (bicyclic) bond motifs is 1. The maximum absolute atomic E-state index is 12.8. The lowest BCUT2D eigenvalue weighted by Crippen LogP contribution is -2.33. The fourth-order valence-electron chi connectivity index (χ4n) is 3.81. The molecular weight excluding hydrogens is 438 g/mol. The van der Waals surface area contributed by atoms with Gasteiger partial charge in [-0.1, -0.05) is 36.4 Å². The van der Waals surface area contributed by atoms with E-state index in [4.69, 9.17) is 21.7 Å². The maximum Gasteiger partial charge on any atom is 0.325 e. The molecule has 0 unspecified atom stereocenters. The molecular formula is C25H25N3O4S. The minimum absolute atomic E-state index is 0.118. The topological polar surface area (TPSA) is 64.0 Å². The van der Waals surface area contributed by atoms with Crippen LogP contribution in [0.2, 0.25) is 0 Å². The van der Waals surface area contributed by atoms with Gasteiger partial charge in [0.15, 0.2) is 5.11 Å². The van der Waals surface area contributed by atoms with Crippen molar-refractivity contribution < 1.29 is 19.1 Å². The van der Waals surface area contributed by atoms with E-state index in [0.29, 0.717) is 12.3 Å². The molecule has 170 valence electrons. The number of amides is 1. The molecule has 0 radical (unpaired) electrons.